The van der Waals surface area contributed by atoms with E-state index in [0.29, 0.717) is 50.3 Å². The molecule has 0 saturated carbocycles. The van der Waals surface area contributed by atoms with Crippen LogP contribution in [-0.2, 0) is 20.7 Å². The molecule has 6 N–H and O–H groups in total. The number of ether oxygens (including phenoxy) is 1. The molecule has 5 rings (SSSR count). The number of nitrogens with zero attached hydrogens (tertiary/aromatic N) is 4. The maximum atomic E-state index is 14.9. The van der Waals surface area contributed by atoms with Crippen LogP contribution >= 0.6 is 11.6 Å². The highest BCUT2D eigenvalue weighted by atomic mass is 35.5. The second-order valence-electron chi connectivity index (χ2n) is 10.2. The molecule has 4 aromatic rings. The molecule has 0 radical (unpaired) electrons. The number of imidazole rings is 1. The monoisotopic (exact) mass is 657 g/mol. The Hall–Kier alpha value is -5.86. The molecule has 47 heavy (non-hydrogen) atoms. The van der Waals surface area contributed by atoms with Gasteiger partial charge in [-0.15, -0.1) is 5.10 Å². The van der Waals surface area contributed by atoms with Gasteiger partial charge in [-0.1, -0.05) is 23.7 Å². The van der Waals surface area contributed by atoms with Gasteiger partial charge in [-0.2, -0.15) is 5.10 Å². The number of carbonyl (C=O) groups is 3. The highest BCUT2D eigenvalue weighted by Gasteiger charge is 2.23. The number of hydrogen-bond acceptors (Lipinski definition) is 8. The van der Waals surface area contributed by atoms with Gasteiger partial charge in [0.05, 0.1) is 30.4 Å². The topological polar surface area (TPSA) is 179 Å². The van der Waals surface area contributed by atoms with Gasteiger partial charge in [0.2, 0.25) is 11.8 Å². The van der Waals surface area contributed by atoms with Gasteiger partial charge >= 0.3 is 6.09 Å². The van der Waals surface area contributed by atoms with E-state index in [0.717, 1.165) is 0 Å². The van der Waals surface area contributed by atoms with Crippen molar-refractivity contribution in [3.05, 3.63) is 100 Å². The molecule has 0 spiro atoms. The second kappa shape index (κ2) is 14.5. The van der Waals surface area contributed by atoms with E-state index in [1.807, 2.05) is 0 Å². The maximum Gasteiger partial charge on any atom is 0.411 e. The third-order valence-corrected chi connectivity index (χ3v) is 7.37. The number of rotatable bonds is 7. The summed E-state index contributed by atoms with van der Waals surface area (Å²) in [6.07, 6.45) is 5.00. The van der Waals surface area contributed by atoms with E-state index >= 15 is 0 Å². The van der Waals surface area contributed by atoms with Crippen molar-refractivity contribution < 1.29 is 23.5 Å². The molecule has 1 aliphatic rings. The summed E-state index contributed by atoms with van der Waals surface area (Å²) in [6, 6.07) is 13.4. The van der Waals surface area contributed by atoms with E-state index < -0.39 is 23.9 Å². The molecule has 4 bridgehead atoms. The van der Waals surface area contributed by atoms with E-state index in [1.54, 1.807) is 54.7 Å². The van der Waals surface area contributed by atoms with E-state index in [9.17, 15) is 18.8 Å². The number of aromatic amines is 1. The van der Waals surface area contributed by atoms with Crippen LogP contribution in [0.25, 0.3) is 17.3 Å². The zero-order chi connectivity index (χ0) is 33.5. The molecule has 240 valence electrons. The first kappa shape index (κ1) is 32.5. The summed E-state index contributed by atoms with van der Waals surface area (Å²) in [6.45, 7) is 3.28. The van der Waals surface area contributed by atoms with E-state index in [2.05, 4.69) is 47.6 Å². The van der Waals surface area contributed by atoms with Gasteiger partial charge < -0.3 is 20.4 Å². The molecule has 1 aromatic heterocycles. The Bertz CT molecular complexity index is 1910. The van der Waals surface area contributed by atoms with Crippen LogP contribution < -0.4 is 26.8 Å². The number of hydrogen-bond donors (Lipinski definition) is 5. The molecule has 1 atom stereocenters. The van der Waals surface area contributed by atoms with Crippen molar-refractivity contribution in [3.63, 3.8) is 0 Å². The van der Waals surface area contributed by atoms with Crippen LogP contribution in [-0.4, -0.2) is 48.0 Å². The predicted molar refractivity (Wildman–Crippen MR) is 179 cm³/mol. The number of anilines is 3. The number of nitrogens with one attached hydrogen (secondary N) is 4. The van der Waals surface area contributed by atoms with Crippen molar-refractivity contribution in [1.29, 1.82) is 0 Å². The number of aromatic nitrogens is 2. The number of H-pyrrole nitrogens is 1. The summed E-state index contributed by atoms with van der Waals surface area (Å²) in [7, 11) is 1.24. The van der Waals surface area contributed by atoms with Crippen LogP contribution in [0.15, 0.2) is 77.1 Å². The minimum absolute atomic E-state index is 0.0324. The summed E-state index contributed by atoms with van der Waals surface area (Å²) in [4.78, 5) is 45.9. The van der Waals surface area contributed by atoms with E-state index in [1.165, 1.54) is 36.7 Å². The van der Waals surface area contributed by atoms with Gasteiger partial charge in [0, 0.05) is 41.1 Å². The number of methoxy groups -OCH3 is 1. The van der Waals surface area contributed by atoms with Crippen LogP contribution in [0, 0.1) is 5.82 Å². The van der Waals surface area contributed by atoms with Gasteiger partial charge in [0.25, 0.3) is 0 Å². The summed E-state index contributed by atoms with van der Waals surface area (Å²) >= 11 is 6.21. The molecule has 0 saturated heterocycles. The Kier molecular flexibility index (Phi) is 10.0. The highest BCUT2D eigenvalue weighted by Crippen LogP contribution is 2.33. The Labute approximate surface area is 273 Å². The van der Waals surface area contributed by atoms with Crippen molar-refractivity contribution in [3.8, 4) is 11.3 Å². The number of nitrogens with two attached hydrogens (primary N) is 1. The number of fused-ring (bicyclic) bond motifs is 6. The Morgan fingerprint density at radius 3 is 2.81 bits per heavy atom. The lowest BCUT2D eigenvalue weighted by Gasteiger charge is -2.18. The van der Waals surface area contributed by atoms with Crippen LogP contribution in [0.3, 0.4) is 0 Å². The lowest BCUT2D eigenvalue weighted by Crippen LogP contribution is -2.30. The summed E-state index contributed by atoms with van der Waals surface area (Å²) in [5, 5.41) is 17.0. The number of amides is 3. The lowest BCUT2D eigenvalue weighted by atomic mass is 10.00. The highest BCUT2D eigenvalue weighted by molar-refractivity contribution is 6.30. The van der Waals surface area contributed by atoms with Crippen molar-refractivity contribution in [2.45, 2.75) is 18.9 Å². The lowest BCUT2D eigenvalue weighted by molar-refractivity contribution is -0.117. The average Bonchev–Trinajstić information content (AvgIpc) is 3.54. The molecule has 3 amide bonds. The van der Waals surface area contributed by atoms with Crippen LogP contribution in [0.2, 0.25) is 5.02 Å². The standard InChI is InChI=1S/C32H29ClFN9O4/c1-36-38-17-43(35)27-10-6-21(33)14-19(27)5-12-29(45)42-30-20-3-9-24(34)18(13-20)4-11-28(44)40-25-15-22(39-32(46)47-2)7-8-23(25)26-16-37-31(30)41-26/h3,5-10,12-17,30H,1,4,11,35H2,2H3,(H,37,41)(H,39,46)(H,40,44)(H,42,45)/b12-5+,38-17-. The van der Waals surface area contributed by atoms with Gasteiger partial charge in [-0.05, 0) is 66.1 Å². The molecule has 2 heterocycles. The van der Waals surface area contributed by atoms with Crippen LogP contribution in [0.5, 0.6) is 0 Å². The molecule has 1 unspecified atom stereocenters. The van der Waals surface area contributed by atoms with Crippen molar-refractivity contribution in [2.75, 3.05) is 22.8 Å². The summed E-state index contributed by atoms with van der Waals surface area (Å²) < 4.78 is 19.6. The van der Waals surface area contributed by atoms with E-state index in [-0.39, 0.29) is 24.3 Å². The molecule has 0 aliphatic carbocycles. The average molecular weight is 658 g/mol. The maximum absolute atomic E-state index is 14.9. The van der Waals surface area contributed by atoms with E-state index in [4.69, 9.17) is 17.4 Å². The van der Waals surface area contributed by atoms with Crippen molar-refractivity contribution >= 4 is 65.7 Å². The number of hydrazine groups is 1. The van der Waals surface area contributed by atoms with Crippen LogP contribution in [0.1, 0.15) is 35.0 Å². The smallest absolute Gasteiger partial charge is 0.411 e. The normalized spacial score (nSPS) is 14.3. The molecular formula is C32H29ClFN9O4. The fourth-order valence-electron chi connectivity index (χ4n) is 4.89. The number of halogens is 2. The SMILES string of the molecule is C=N/N=C\N(N)c1ccc(Cl)cc1/C=C/C(=O)NC1c2ccc(F)c(c2)CCC(=O)Nc2cc(NC(=O)OC)ccc2-c2cnc1[nH]2. The minimum Gasteiger partial charge on any atom is -0.453 e. The van der Waals surface area contributed by atoms with Gasteiger partial charge in [0.15, 0.2) is 0 Å². The quantitative estimate of drug-likeness (QED) is 0.0597. The second-order valence-corrected chi connectivity index (χ2v) is 10.7. The van der Waals surface area contributed by atoms with Gasteiger partial charge in [-0.3, -0.25) is 19.9 Å². The summed E-state index contributed by atoms with van der Waals surface area (Å²) in [5.74, 6) is 5.03. The molecule has 15 heteroatoms. The number of aryl methyl sites for hydroxylation is 1. The van der Waals surface area contributed by atoms with Gasteiger partial charge in [0.1, 0.15) is 24.0 Å². The third-order valence-electron chi connectivity index (χ3n) is 7.14. The van der Waals surface area contributed by atoms with Crippen molar-refractivity contribution in [1.82, 2.24) is 15.3 Å². The zero-order valence-electron chi connectivity index (χ0n) is 25.0. The first-order valence-corrected chi connectivity index (χ1v) is 14.5. The Morgan fingerprint density at radius 1 is 1.19 bits per heavy atom. The molecule has 1 aliphatic heterocycles. The van der Waals surface area contributed by atoms with Crippen molar-refractivity contribution in [2.24, 2.45) is 16.0 Å². The summed E-state index contributed by atoms with van der Waals surface area (Å²) in [5.41, 5.74) is 3.63. The predicted octanol–water partition coefficient (Wildman–Crippen LogP) is 5.18. The number of benzene rings is 3. The number of carbonyl (C=O) groups excluding carboxylic acids is 3. The minimum atomic E-state index is -0.844. The fourth-order valence-corrected chi connectivity index (χ4v) is 5.07. The zero-order valence-corrected chi connectivity index (χ0v) is 25.7. The third kappa shape index (κ3) is 7.87. The largest absolute Gasteiger partial charge is 0.453 e. The molecular weight excluding hydrogens is 629 g/mol. The first-order chi connectivity index (χ1) is 22.6. The Balaban J connectivity index is 1.51. The van der Waals surface area contributed by atoms with Gasteiger partial charge in [-0.25, -0.2) is 20.0 Å². The molecule has 0 fully saturated rings. The first-order valence-electron chi connectivity index (χ1n) is 14.1. The fraction of sp³-hybridized carbons (Fsp3) is 0.125. The van der Waals surface area contributed by atoms with Crippen LogP contribution in [0.4, 0.5) is 26.2 Å². The Morgan fingerprint density at radius 2 is 2.02 bits per heavy atom. The molecule has 3 aromatic carbocycles. The molecule has 13 nitrogen and oxygen atoms in total.